The number of nitrogens with zero attached hydrogens (tertiary/aromatic N) is 1. The van der Waals surface area contributed by atoms with Crippen molar-refractivity contribution in [1.82, 2.24) is 15.5 Å². The van der Waals surface area contributed by atoms with Crippen LogP contribution in [0, 0.1) is 0 Å². The molecule has 0 bridgehead atoms. The molecule has 0 aromatic heterocycles. The third-order valence-electron chi connectivity index (χ3n) is 8.70. The number of amides is 2. The van der Waals surface area contributed by atoms with Crippen LogP contribution in [0.25, 0.3) is 0 Å². The summed E-state index contributed by atoms with van der Waals surface area (Å²) >= 11 is 0. The number of allylic oxidation sites excluding steroid dienone is 2. The van der Waals surface area contributed by atoms with Gasteiger partial charge < -0.3 is 15.5 Å². The summed E-state index contributed by atoms with van der Waals surface area (Å²) in [6.07, 6.45) is 41.9. The first kappa shape index (κ1) is 44.8. The van der Waals surface area contributed by atoms with E-state index in [-0.39, 0.29) is 19.7 Å². The highest BCUT2D eigenvalue weighted by atomic mass is 31.1. The standard InChI is InChI=1S/C40H78N3O2P/c1-5-7-9-11-13-19-25-33-41-39(44)31-23-17-15-21-28-36-46(38-30-27-35-43(3)4)37-29-22-16-18-24-32-40(45)42-34-26-20-14-12-10-8-6-2/h19-20,25-26H,5-18,21-24,27-38H2,1-4H3,(H,41,44)(H,42,45). The van der Waals surface area contributed by atoms with Crippen molar-refractivity contribution in [2.24, 2.45) is 0 Å². The smallest absolute Gasteiger partial charge is 0.220 e. The van der Waals surface area contributed by atoms with E-state index in [0.717, 1.165) is 25.7 Å². The zero-order valence-electron chi connectivity index (χ0n) is 31.2. The fourth-order valence-electron chi connectivity index (χ4n) is 5.70. The molecule has 0 aromatic carbocycles. The van der Waals surface area contributed by atoms with E-state index in [1.165, 1.54) is 141 Å². The molecule has 0 radical (unpaired) electrons. The van der Waals surface area contributed by atoms with E-state index in [1.54, 1.807) is 0 Å². The van der Waals surface area contributed by atoms with Crippen LogP contribution in [0.1, 0.15) is 168 Å². The van der Waals surface area contributed by atoms with Gasteiger partial charge in [-0.2, -0.15) is 0 Å². The van der Waals surface area contributed by atoms with Gasteiger partial charge in [-0.3, -0.25) is 9.59 Å². The van der Waals surface area contributed by atoms with Crippen LogP contribution in [0.2, 0.25) is 0 Å². The van der Waals surface area contributed by atoms with Gasteiger partial charge in [0.15, 0.2) is 0 Å². The lowest BCUT2D eigenvalue weighted by atomic mass is 10.1. The van der Waals surface area contributed by atoms with E-state index >= 15 is 0 Å². The third kappa shape index (κ3) is 35.7. The first-order chi connectivity index (χ1) is 22.5. The van der Waals surface area contributed by atoms with Gasteiger partial charge in [0.2, 0.25) is 11.8 Å². The molecule has 270 valence electrons. The predicted octanol–water partition coefficient (Wildman–Crippen LogP) is 10.8. The van der Waals surface area contributed by atoms with Gasteiger partial charge in [0, 0.05) is 25.9 Å². The summed E-state index contributed by atoms with van der Waals surface area (Å²) in [5.74, 6) is 0.410. The number of nitrogens with one attached hydrogen (secondary N) is 2. The summed E-state index contributed by atoms with van der Waals surface area (Å²) in [5, 5.41) is 6.09. The monoisotopic (exact) mass is 664 g/mol. The van der Waals surface area contributed by atoms with Crippen LogP contribution in [0.5, 0.6) is 0 Å². The molecule has 46 heavy (non-hydrogen) atoms. The molecule has 0 saturated carbocycles. The van der Waals surface area contributed by atoms with Crippen molar-refractivity contribution in [1.29, 1.82) is 0 Å². The average Bonchev–Trinajstić information content (AvgIpc) is 3.04. The van der Waals surface area contributed by atoms with E-state index < -0.39 is 0 Å². The topological polar surface area (TPSA) is 61.4 Å². The maximum atomic E-state index is 12.1. The van der Waals surface area contributed by atoms with Crippen LogP contribution < -0.4 is 10.6 Å². The number of carbonyl (C=O) groups excluding carboxylic acids is 2. The van der Waals surface area contributed by atoms with Gasteiger partial charge in [-0.1, -0.05) is 115 Å². The lowest BCUT2D eigenvalue weighted by Crippen LogP contribution is -2.22. The van der Waals surface area contributed by atoms with E-state index in [2.05, 4.69) is 67.8 Å². The first-order valence-corrected chi connectivity index (χ1v) is 21.6. The van der Waals surface area contributed by atoms with E-state index in [9.17, 15) is 9.59 Å². The van der Waals surface area contributed by atoms with Crippen LogP contribution >= 0.6 is 7.92 Å². The second-order valence-electron chi connectivity index (χ2n) is 13.6. The Kier molecular flexibility index (Phi) is 35.7. The highest BCUT2D eigenvalue weighted by Gasteiger charge is 2.09. The second kappa shape index (κ2) is 36.6. The summed E-state index contributed by atoms with van der Waals surface area (Å²) < 4.78 is 0. The molecule has 0 spiro atoms. The molecule has 0 heterocycles. The summed E-state index contributed by atoms with van der Waals surface area (Å²) in [7, 11) is 4.50. The number of carbonyl (C=O) groups is 2. The minimum atomic E-state index is 0.149. The van der Waals surface area contributed by atoms with Crippen LogP contribution in [-0.4, -0.2) is 68.9 Å². The van der Waals surface area contributed by atoms with Crippen LogP contribution in [0.3, 0.4) is 0 Å². The molecular formula is C40H78N3O2P. The normalized spacial score (nSPS) is 12.5. The summed E-state index contributed by atoms with van der Waals surface area (Å²) in [5.41, 5.74) is 0. The largest absolute Gasteiger partial charge is 0.353 e. The molecule has 0 aliphatic heterocycles. The molecular weight excluding hydrogens is 585 g/mol. The maximum absolute atomic E-state index is 12.1. The van der Waals surface area contributed by atoms with Crippen molar-refractivity contribution in [3.05, 3.63) is 24.3 Å². The van der Waals surface area contributed by atoms with Crippen molar-refractivity contribution in [2.75, 3.05) is 52.2 Å². The predicted molar refractivity (Wildman–Crippen MR) is 207 cm³/mol. The lowest BCUT2D eigenvalue weighted by molar-refractivity contribution is -0.121. The molecule has 0 aliphatic carbocycles. The van der Waals surface area contributed by atoms with E-state index in [4.69, 9.17) is 0 Å². The molecule has 0 fully saturated rings. The molecule has 6 heteroatoms. The first-order valence-electron chi connectivity index (χ1n) is 19.7. The van der Waals surface area contributed by atoms with Crippen LogP contribution in [0.4, 0.5) is 0 Å². The quantitative estimate of drug-likeness (QED) is 0.0403. The number of hydrogen-bond acceptors (Lipinski definition) is 3. The Hall–Kier alpha value is -1.19. The zero-order valence-corrected chi connectivity index (χ0v) is 32.1. The highest BCUT2D eigenvalue weighted by Crippen LogP contribution is 2.39. The van der Waals surface area contributed by atoms with Crippen LogP contribution in [-0.2, 0) is 9.59 Å². The molecule has 0 rings (SSSR count). The molecule has 0 unspecified atom stereocenters. The van der Waals surface area contributed by atoms with Gasteiger partial charge in [-0.05, 0) is 103 Å². The molecule has 0 saturated heterocycles. The van der Waals surface area contributed by atoms with Crippen LogP contribution in [0.15, 0.2) is 24.3 Å². The molecule has 0 aromatic rings. The Morgan fingerprint density at radius 2 is 0.891 bits per heavy atom. The minimum Gasteiger partial charge on any atom is -0.353 e. The highest BCUT2D eigenvalue weighted by molar-refractivity contribution is 7.57. The SMILES string of the molecule is CCCCCCC=CCNC(=O)CCCCCCCP(CCCCCCCC(=O)NCC=CCCCCCC)CCCCN(C)C. The van der Waals surface area contributed by atoms with Crippen molar-refractivity contribution in [3.63, 3.8) is 0 Å². The average molecular weight is 664 g/mol. The van der Waals surface area contributed by atoms with Crippen molar-refractivity contribution in [3.8, 4) is 0 Å². The Bertz CT molecular complexity index is 673. The van der Waals surface area contributed by atoms with E-state index in [0.29, 0.717) is 25.9 Å². The Morgan fingerprint density at radius 1 is 0.500 bits per heavy atom. The Balaban J connectivity index is 3.93. The molecule has 0 aliphatic rings. The maximum Gasteiger partial charge on any atom is 0.220 e. The molecule has 2 amide bonds. The van der Waals surface area contributed by atoms with Gasteiger partial charge in [-0.25, -0.2) is 0 Å². The number of unbranched alkanes of at least 4 members (excludes halogenated alkanes) is 17. The van der Waals surface area contributed by atoms with Crippen molar-refractivity contribution < 1.29 is 9.59 Å². The van der Waals surface area contributed by atoms with Crippen molar-refractivity contribution in [2.45, 2.75) is 168 Å². The van der Waals surface area contributed by atoms with Gasteiger partial charge in [-0.15, -0.1) is 7.92 Å². The van der Waals surface area contributed by atoms with Gasteiger partial charge in [0.25, 0.3) is 0 Å². The molecule has 2 N–H and O–H groups in total. The molecule has 5 nitrogen and oxygen atoms in total. The minimum absolute atomic E-state index is 0.149. The zero-order chi connectivity index (χ0) is 33.8. The number of rotatable bonds is 35. The number of hydrogen-bond donors (Lipinski definition) is 2. The lowest BCUT2D eigenvalue weighted by Gasteiger charge is -2.18. The van der Waals surface area contributed by atoms with Gasteiger partial charge in [0.05, 0.1) is 0 Å². The Labute approximate surface area is 288 Å². The second-order valence-corrected chi connectivity index (χ2v) is 16.3. The molecule has 0 atom stereocenters. The summed E-state index contributed by atoms with van der Waals surface area (Å²) in [4.78, 5) is 26.5. The van der Waals surface area contributed by atoms with Crippen molar-refractivity contribution >= 4 is 19.7 Å². The summed E-state index contributed by atoms with van der Waals surface area (Å²) in [6, 6.07) is 0. The fraction of sp³-hybridized carbons (Fsp3) is 0.850. The summed E-state index contributed by atoms with van der Waals surface area (Å²) in [6.45, 7) is 7.05. The van der Waals surface area contributed by atoms with E-state index in [1.807, 2.05) is 0 Å². The third-order valence-corrected chi connectivity index (χ3v) is 11.5. The fourth-order valence-corrected chi connectivity index (χ4v) is 8.39. The van der Waals surface area contributed by atoms with Gasteiger partial charge in [0.1, 0.15) is 0 Å². The Morgan fingerprint density at radius 3 is 1.33 bits per heavy atom. The van der Waals surface area contributed by atoms with Gasteiger partial charge >= 0.3 is 0 Å².